The Morgan fingerprint density at radius 1 is 1.20 bits per heavy atom. The predicted octanol–water partition coefficient (Wildman–Crippen LogP) is 4.52. The number of carbonyl (C=O) groups is 1. The molecule has 0 radical (unpaired) electrons. The number of rotatable bonds is 9. The van der Waals surface area contributed by atoms with Gasteiger partial charge in [-0.3, -0.25) is 4.79 Å². The standard InChI is InChI=1S/C14H26O/c1-4-6-7-9-14(12-15)11-10-13(3)8-5-2/h11-13H,4-10H2,1-3H3/b14-11+. The van der Waals surface area contributed by atoms with Gasteiger partial charge in [-0.1, -0.05) is 52.5 Å². The Hall–Kier alpha value is -0.590. The van der Waals surface area contributed by atoms with E-state index >= 15 is 0 Å². The van der Waals surface area contributed by atoms with E-state index in [1.54, 1.807) is 0 Å². The summed E-state index contributed by atoms with van der Waals surface area (Å²) in [6, 6.07) is 0. The molecular weight excluding hydrogens is 184 g/mol. The summed E-state index contributed by atoms with van der Waals surface area (Å²) < 4.78 is 0. The number of carbonyl (C=O) groups excluding carboxylic acids is 1. The molecule has 0 aromatic rings. The van der Waals surface area contributed by atoms with Gasteiger partial charge in [0.2, 0.25) is 0 Å². The monoisotopic (exact) mass is 210 g/mol. The maximum atomic E-state index is 10.8. The van der Waals surface area contributed by atoms with Crippen molar-refractivity contribution in [3.8, 4) is 0 Å². The summed E-state index contributed by atoms with van der Waals surface area (Å²) in [7, 11) is 0. The molecule has 0 N–H and O–H groups in total. The summed E-state index contributed by atoms with van der Waals surface area (Å²) in [5.74, 6) is 0.719. The van der Waals surface area contributed by atoms with E-state index in [0.29, 0.717) is 0 Å². The molecule has 15 heavy (non-hydrogen) atoms. The number of hydrogen-bond donors (Lipinski definition) is 0. The van der Waals surface area contributed by atoms with Crippen LogP contribution in [0.4, 0.5) is 0 Å². The molecule has 0 rings (SSSR count). The van der Waals surface area contributed by atoms with Gasteiger partial charge in [-0.05, 0) is 30.8 Å². The van der Waals surface area contributed by atoms with Crippen LogP contribution in [0.15, 0.2) is 11.6 Å². The van der Waals surface area contributed by atoms with Crippen LogP contribution in [0.3, 0.4) is 0 Å². The fraction of sp³-hybridized carbons (Fsp3) is 0.786. The molecule has 0 aliphatic rings. The van der Waals surface area contributed by atoms with Crippen LogP contribution in [0.5, 0.6) is 0 Å². The minimum atomic E-state index is 0.719. The molecule has 1 unspecified atom stereocenters. The normalized spacial score (nSPS) is 13.9. The average Bonchev–Trinajstić information content (AvgIpc) is 2.23. The second-order valence-electron chi connectivity index (χ2n) is 4.48. The van der Waals surface area contributed by atoms with Crippen LogP contribution < -0.4 is 0 Å². The third kappa shape index (κ3) is 8.41. The van der Waals surface area contributed by atoms with Crippen molar-refractivity contribution in [1.82, 2.24) is 0 Å². The van der Waals surface area contributed by atoms with Crippen LogP contribution in [0.2, 0.25) is 0 Å². The average molecular weight is 210 g/mol. The summed E-state index contributed by atoms with van der Waals surface area (Å²) in [5, 5.41) is 0. The van der Waals surface area contributed by atoms with Gasteiger partial charge in [0.05, 0.1) is 0 Å². The van der Waals surface area contributed by atoms with E-state index in [-0.39, 0.29) is 0 Å². The third-order valence-corrected chi connectivity index (χ3v) is 2.78. The highest BCUT2D eigenvalue weighted by Gasteiger charge is 2.00. The summed E-state index contributed by atoms with van der Waals surface area (Å²) >= 11 is 0. The zero-order valence-corrected chi connectivity index (χ0v) is 10.6. The SMILES string of the molecule is CCCCC/C(C=O)=C\CC(C)CCC. The molecule has 0 aromatic heterocycles. The first kappa shape index (κ1) is 14.4. The highest BCUT2D eigenvalue weighted by molar-refractivity contribution is 5.72. The fourth-order valence-corrected chi connectivity index (χ4v) is 1.75. The summed E-state index contributed by atoms with van der Waals surface area (Å²) in [6.07, 6.45) is 11.3. The lowest BCUT2D eigenvalue weighted by atomic mass is 9.99. The molecule has 0 spiro atoms. The Morgan fingerprint density at radius 3 is 2.47 bits per heavy atom. The second kappa shape index (κ2) is 9.95. The van der Waals surface area contributed by atoms with Crippen molar-refractivity contribution in [3.63, 3.8) is 0 Å². The van der Waals surface area contributed by atoms with Crippen LogP contribution in [-0.2, 0) is 4.79 Å². The molecule has 0 bridgehead atoms. The molecule has 0 amide bonds. The Morgan fingerprint density at radius 2 is 1.93 bits per heavy atom. The summed E-state index contributed by atoms with van der Waals surface area (Å²) in [5.41, 5.74) is 1.01. The molecular formula is C14H26O. The van der Waals surface area contributed by atoms with Crippen LogP contribution >= 0.6 is 0 Å². The van der Waals surface area contributed by atoms with Crippen molar-refractivity contribution < 1.29 is 4.79 Å². The van der Waals surface area contributed by atoms with E-state index in [1.807, 2.05) is 0 Å². The molecule has 1 heteroatoms. The van der Waals surface area contributed by atoms with E-state index < -0.39 is 0 Å². The lowest BCUT2D eigenvalue weighted by molar-refractivity contribution is -0.105. The molecule has 0 saturated heterocycles. The maximum Gasteiger partial charge on any atom is 0.145 e. The number of allylic oxidation sites excluding steroid dienone is 2. The molecule has 0 fully saturated rings. The minimum absolute atomic E-state index is 0.719. The molecule has 0 aliphatic carbocycles. The van der Waals surface area contributed by atoms with Crippen molar-refractivity contribution in [3.05, 3.63) is 11.6 Å². The highest BCUT2D eigenvalue weighted by atomic mass is 16.1. The molecule has 1 nitrogen and oxygen atoms in total. The van der Waals surface area contributed by atoms with Gasteiger partial charge in [-0.25, -0.2) is 0 Å². The van der Waals surface area contributed by atoms with Crippen molar-refractivity contribution >= 4 is 6.29 Å². The van der Waals surface area contributed by atoms with E-state index in [1.165, 1.54) is 25.7 Å². The lowest BCUT2D eigenvalue weighted by Crippen LogP contribution is -1.93. The first-order valence-electron chi connectivity index (χ1n) is 6.38. The van der Waals surface area contributed by atoms with Gasteiger partial charge < -0.3 is 0 Å². The van der Waals surface area contributed by atoms with Crippen LogP contribution in [0, 0.1) is 5.92 Å². The molecule has 0 saturated carbocycles. The Bertz CT molecular complexity index is 182. The largest absolute Gasteiger partial charge is 0.298 e. The number of hydrogen-bond acceptors (Lipinski definition) is 1. The molecule has 88 valence electrons. The van der Waals surface area contributed by atoms with E-state index in [2.05, 4.69) is 26.8 Å². The smallest absolute Gasteiger partial charge is 0.145 e. The van der Waals surface area contributed by atoms with E-state index in [4.69, 9.17) is 0 Å². The maximum absolute atomic E-state index is 10.8. The fourth-order valence-electron chi connectivity index (χ4n) is 1.75. The van der Waals surface area contributed by atoms with Crippen molar-refractivity contribution in [2.45, 2.75) is 65.7 Å². The number of aldehydes is 1. The van der Waals surface area contributed by atoms with Gasteiger partial charge in [-0.15, -0.1) is 0 Å². The topological polar surface area (TPSA) is 17.1 Å². The molecule has 0 aliphatic heterocycles. The first-order chi connectivity index (χ1) is 7.24. The van der Waals surface area contributed by atoms with Crippen molar-refractivity contribution in [2.75, 3.05) is 0 Å². The van der Waals surface area contributed by atoms with Gasteiger partial charge >= 0.3 is 0 Å². The quantitative estimate of drug-likeness (QED) is 0.311. The molecule has 0 aromatic carbocycles. The zero-order valence-electron chi connectivity index (χ0n) is 10.6. The Balaban J connectivity index is 3.82. The van der Waals surface area contributed by atoms with Gasteiger partial charge in [-0.2, -0.15) is 0 Å². The van der Waals surface area contributed by atoms with Gasteiger partial charge in [0.15, 0.2) is 0 Å². The van der Waals surface area contributed by atoms with Gasteiger partial charge in [0, 0.05) is 0 Å². The van der Waals surface area contributed by atoms with E-state index in [0.717, 1.165) is 37.0 Å². The summed E-state index contributed by atoms with van der Waals surface area (Å²) in [6.45, 7) is 6.66. The molecule has 0 heterocycles. The van der Waals surface area contributed by atoms with Crippen molar-refractivity contribution in [1.29, 1.82) is 0 Å². The highest BCUT2D eigenvalue weighted by Crippen LogP contribution is 2.14. The Kier molecular flexibility index (Phi) is 9.55. The van der Waals surface area contributed by atoms with Crippen LogP contribution in [-0.4, -0.2) is 6.29 Å². The van der Waals surface area contributed by atoms with Gasteiger partial charge in [0.1, 0.15) is 6.29 Å². The zero-order chi connectivity index (χ0) is 11.5. The van der Waals surface area contributed by atoms with E-state index in [9.17, 15) is 4.79 Å². The number of unbranched alkanes of at least 4 members (excludes halogenated alkanes) is 2. The molecule has 1 atom stereocenters. The van der Waals surface area contributed by atoms with Crippen molar-refractivity contribution in [2.24, 2.45) is 5.92 Å². The van der Waals surface area contributed by atoms with Crippen LogP contribution in [0.25, 0.3) is 0 Å². The Labute approximate surface area is 95.0 Å². The summed E-state index contributed by atoms with van der Waals surface area (Å²) in [4.78, 5) is 10.8. The lowest BCUT2D eigenvalue weighted by Gasteiger charge is -2.06. The second-order valence-corrected chi connectivity index (χ2v) is 4.48. The van der Waals surface area contributed by atoms with Crippen LogP contribution in [0.1, 0.15) is 65.7 Å². The van der Waals surface area contributed by atoms with Gasteiger partial charge in [0.25, 0.3) is 0 Å². The third-order valence-electron chi connectivity index (χ3n) is 2.78. The predicted molar refractivity (Wildman–Crippen MR) is 67.0 cm³/mol. The minimum Gasteiger partial charge on any atom is -0.298 e. The first-order valence-corrected chi connectivity index (χ1v) is 6.38.